The summed E-state index contributed by atoms with van der Waals surface area (Å²) in [5.41, 5.74) is 3.15. The molecule has 130 valence electrons. The molecule has 3 aromatic rings. The van der Waals surface area contributed by atoms with E-state index in [0.717, 1.165) is 40.9 Å². The topological polar surface area (TPSA) is 73.4 Å². The van der Waals surface area contributed by atoms with Gasteiger partial charge in [0, 0.05) is 24.5 Å². The van der Waals surface area contributed by atoms with E-state index in [4.69, 9.17) is 9.37 Å². The van der Waals surface area contributed by atoms with Crippen molar-refractivity contribution in [3.8, 4) is 5.75 Å². The largest absolute Gasteiger partial charge is 0.497 e. The predicted octanol–water partition coefficient (Wildman–Crippen LogP) is 2.86. The maximum Gasteiger partial charge on any atom is 0.271 e. The van der Waals surface area contributed by atoms with Crippen LogP contribution in [-0.2, 0) is 7.05 Å². The lowest BCUT2D eigenvalue weighted by Gasteiger charge is -2.23. The van der Waals surface area contributed by atoms with Gasteiger partial charge in [0.05, 0.1) is 13.2 Å². The molecule has 0 radical (unpaired) electrons. The second kappa shape index (κ2) is 5.91. The lowest BCUT2D eigenvalue weighted by Crippen LogP contribution is -2.32. The molecule has 25 heavy (non-hydrogen) atoms. The summed E-state index contributed by atoms with van der Waals surface area (Å²) in [5.74, 6) is 0.781. The molecule has 1 saturated heterocycles. The third-order valence-electron chi connectivity index (χ3n) is 4.99. The van der Waals surface area contributed by atoms with E-state index in [2.05, 4.69) is 10.3 Å². The van der Waals surface area contributed by atoms with Crippen molar-refractivity contribution in [2.24, 2.45) is 7.05 Å². The fourth-order valence-corrected chi connectivity index (χ4v) is 3.64. The molecule has 3 heterocycles. The van der Waals surface area contributed by atoms with Gasteiger partial charge in [0.25, 0.3) is 5.91 Å². The fourth-order valence-electron chi connectivity index (χ4n) is 3.64. The predicted molar refractivity (Wildman–Crippen MR) is 91.5 cm³/mol. The van der Waals surface area contributed by atoms with Crippen LogP contribution in [0.25, 0.3) is 10.9 Å². The second-order valence-corrected chi connectivity index (χ2v) is 6.40. The molecule has 0 N–H and O–H groups in total. The standard InChI is InChI=1S/C18H20N4O3/c1-11-17(20-25-19-11)15-5-4-8-22(15)18(23)16-10-12-9-13(24-3)6-7-14(12)21(16)2/h6-7,9-10,15H,4-5,8H2,1-3H3/t15-/m1/s1. The van der Waals surface area contributed by atoms with Gasteiger partial charge < -0.3 is 14.2 Å². The number of fused-ring (bicyclic) bond motifs is 1. The van der Waals surface area contributed by atoms with Crippen LogP contribution < -0.4 is 4.74 Å². The molecule has 1 amide bonds. The zero-order valence-corrected chi connectivity index (χ0v) is 14.5. The molecule has 0 spiro atoms. The van der Waals surface area contributed by atoms with E-state index in [9.17, 15) is 4.79 Å². The maximum atomic E-state index is 13.2. The highest BCUT2D eigenvalue weighted by molar-refractivity contribution is 5.99. The first kappa shape index (κ1) is 15.7. The Morgan fingerprint density at radius 3 is 2.88 bits per heavy atom. The summed E-state index contributed by atoms with van der Waals surface area (Å²) in [5, 5.41) is 8.85. The molecule has 1 fully saturated rings. The van der Waals surface area contributed by atoms with Crippen molar-refractivity contribution in [3.05, 3.63) is 41.3 Å². The number of rotatable bonds is 3. The summed E-state index contributed by atoms with van der Waals surface area (Å²) in [7, 11) is 3.55. The van der Waals surface area contributed by atoms with Crippen molar-refractivity contribution < 1.29 is 14.2 Å². The minimum absolute atomic E-state index is 0.00238. The van der Waals surface area contributed by atoms with Crippen molar-refractivity contribution >= 4 is 16.8 Å². The van der Waals surface area contributed by atoms with Gasteiger partial charge in [0.1, 0.15) is 22.8 Å². The molecule has 4 rings (SSSR count). The Balaban J connectivity index is 1.72. The minimum atomic E-state index is -0.0775. The van der Waals surface area contributed by atoms with E-state index in [1.54, 1.807) is 7.11 Å². The zero-order chi connectivity index (χ0) is 17.6. The van der Waals surface area contributed by atoms with E-state index in [-0.39, 0.29) is 11.9 Å². The van der Waals surface area contributed by atoms with Crippen LogP contribution >= 0.6 is 0 Å². The number of ether oxygens (including phenoxy) is 1. The highest BCUT2D eigenvalue weighted by Crippen LogP contribution is 2.34. The van der Waals surface area contributed by atoms with Crippen LogP contribution in [0, 0.1) is 6.92 Å². The van der Waals surface area contributed by atoms with Gasteiger partial charge in [-0.05, 0) is 44.0 Å². The van der Waals surface area contributed by atoms with Crippen molar-refractivity contribution in [2.45, 2.75) is 25.8 Å². The lowest BCUT2D eigenvalue weighted by atomic mass is 10.1. The summed E-state index contributed by atoms with van der Waals surface area (Å²) in [6.45, 7) is 2.57. The van der Waals surface area contributed by atoms with Gasteiger partial charge in [-0.25, -0.2) is 4.63 Å². The van der Waals surface area contributed by atoms with Crippen molar-refractivity contribution in [2.75, 3.05) is 13.7 Å². The molecule has 2 aromatic heterocycles. The molecule has 0 saturated carbocycles. The van der Waals surface area contributed by atoms with E-state index in [1.165, 1.54) is 0 Å². The minimum Gasteiger partial charge on any atom is -0.497 e. The highest BCUT2D eigenvalue weighted by Gasteiger charge is 2.35. The van der Waals surface area contributed by atoms with Crippen LogP contribution in [0.2, 0.25) is 0 Å². The Kier molecular flexibility index (Phi) is 3.71. The number of nitrogens with zero attached hydrogens (tertiary/aromatic N) is 4. The number of hydrogen-bond acceptors (Lipinski definition) is 5. The molecule has 1 aliphatic rings. The van der Waals surface area contributed by atoms with E-state index in [1.807, 2.05) is 47.7 Å². The molecule has 7 nitrogen and oxygen atoms in total. The normalized spacial score (nSPS) is 17.4. The number of aromatic nitrogens is 3. The molecular formula is C18H20N4O3. The van der Waals surface area contributed by atoms with Crippen molar-refractivity contribution in [1.82, 2.24) is 19.8 Å². The van der Waals surface area contributed by atoms with Gasteiger partial charge in [0.15, 0.2) is 0 Å². The van der Waals surface area contributed by atoms with Crippen LogP contribution in [0.4, 0.5) is 0 Å². The smallest absolute Gasteiger partial charge is 0.271 e. The highest BCUT2D eigenvalue weighted by atomic mass is 16.6. The second-order valence-electron chi connectivity index (χ2n) is 6.40. The number of benzene rings is 1. The van der Waals surface area contributed by atoms with Gasteiger partial charge >= 0.3 is 0 Å². The van der Waals surface area contributed by atoms with Crippen molar-refractivity contribution in [3.63, 3.8) is 0 Å². The molecule has 1 atom stereocenters. The monoisotopic (exact) mass is 340 g/mol. The number of carbonyl (C=O) groups excluding carboxylic acids is 1. The van der Waals surface area contributed by atoms with Crippen LogP contribution in [0.15, 0.2) is 28.9 Å². The Hall–Kier alpha value is -2.83. The number of amides is 1. The molecule has 1 aliphatic heterocycles. The third kappa shape index (κ3) is 2.47. The summed E-state index contributed by atoms with van der Waals surface area (Å²) < 4.78 is 12.0. The summed E-state index contributed by atoms with van der Waals surface area (Å²) in [6.07, 6.45) is 1.82. The Labute approximate surface area is 145 Å². The maximum absolute atomic E-state index is 13.2. The molecular weight excluding hydrogens is 320 g/mol. The Morgan fingerprint density at radius 1 is 1.32 bits per heavy atom. The first-order valence-electron chi connectivity index (χ1n) is 8.33. The van der Waals surface area contributed by atoms with Crippen LogP contribution in [0.5, 0.6) is 5.75 Å². The summed E-state index contributed by atoms with van der Waals surface area (Å²) in [6, 6.07) is 7.66. The first-order valence-corrected chi connectivity index (χ1v) is 8.33. The molecule has 0 bridgehead atoms. The lowest BCUT2D eigenvalue weighted by molar-refractivity contribution is 0.0721. The fraction of sp³-hybridized carbons (Fsp3) is 0.389. The average molecular weight is 340 g/mol. The van der Waals surface area contributed by atoms with Crippen LogP contribution in [0.1, 0.15) is 40.8 Å². The molecule has 0 unspecified atom stereocenters. The van der Waals surface area contributed by atoms with Crippen molar-refractivity contribution in [1.29, 1.82) is 0 Å². The Bertz CT molecular complexity index is 943. The van der Waals surface area contributed by atoms with Gasteiger partial charge in [-0.1, -0.05) is 10.3 Å². The Morgan fingerprint density at radius 2 is 2.16 bits per heavy atom. The molecule has 1 aromatic carbocycles. The number of aryl methyl sites for hydroxylation is 2. The van der Waals surface area contributed by atoms with Gasteiger partial charge in [-0.3, -0.25) is 4.79 Å². The number of carbonyl (C=O) groups is 1. The van der Waals surface area contributed by atoms with Crippen LogP contribution in [-0.4, -0.2) is 39.3 Å². The van der Waals surface area contributed by atoms with Gasteiger partial charge in [-0.2, -0.15) is 0 Å². The summed E-state index contributed by atoms with van der Waals surface area (Å²) >= 11 is 0. The average Bonchev–Trinajstić information content (AvgIpc) is 3.32. The SMILES string of the molecule is COc1ccc2c(c1)cc(C(=O)N1CCC[C@@H]1c1nonc1C)n2C. The van der Waals surface area contributed by atoms with Gasteiger partial charge in [0.2, 0.25) is 0 Å². The van der Waals surface area contributed by atoms with Crippen LogP contribution in [0.3, 0.4) is 0 Å². The van der Waals surface area contributed by atoms with Gasteiger partial charge in [-0.15, -0.1) is 0 Å². The van der Waals surface area contributed by atoms with E-state index >= 15 is 0 Å². The number of likely N-dealkylation sites (tertiary alicyclic amines) is 1. The first-order chi connectivity index (χ1) is 12.1. The number of hydrogen-bond donors (Lipinski definition) is 0. The number of methoxy groups -OCH3 is 1. The van der Waals surface area contributed by atoms with E-state index < -0.39 is 0 Å². The molecule has 7 heteroatoms. The molecule has 0 aliphatic carbocycles. The van der Waals surface area contributed by atoms with E-state index in [0.29, 0.717) is 12.2 Å². The third-order valence-corrected chi connectivity index (χ3v) is 4.99. The zero-order valence-electron chi connectivity index (χ0n) is 14.5. The quantitative estimate of drug-likeness (QED) is 0.733. The summed E-state index contributed by atoms with van der Waals surface area (Å²) in [4.78, 5) is 15.1.